The molecule has 0 bridgehead atoms. The predicted octanol–water partition coefficient (Wildman–Crippen LogP) is 2.65. The minimum atomic E-state index is 0.743. The highest BCUT2D eigenvalue weighted by Crippen LogP contribution is 2.21. The maximum absolute atomic E-state index is 5.59. The highest BCUT2D eigenvalue weighted by molar-refractivity contribution is 5.50. The zero-order chi connectivity index (χ0) is 12.5. The second-order valence-electron chi connectivity index (χ2n) is 4.18. The van der Waals surface area contributed by atoms with Crippen molar-refractivity contribution in [2.45, 2.75) is 26.2 Å². The van der Waals surface area contributed by atoms with Gasteiger partial charge in [0.15, 0.2) is 0 Å². The molecule has 2 N–H and O–H groups in total. The quantitative estimate of drug-likeness (QED) is 0.754. The molecule has 0 radical (unpaired) electrons. The average Bonchev–Trinajstić information content (AvgIpc) is 2.39. The van der Waals surface area contributed by atoms with Crippen molar-refractivity contribution >= 4 is 5.69 Å². The van der Waals surface area contributed by atoms with Crippen LogP contribution in [0.15, 0.2) is 24.3 Å². The number of hydrogen-bond acceptors (Lipinski definition) is 3. The van der Waals surface area contributed by atoms with Gasteiger partial charge in [-0.25, -0.2) is 0 Å². The standard InChI is InChI=1S/C14H24N2O/c1-3-4-10-16(11-6-9-15)13-7-5-8-14(12-13)17-2/h5,7-8,12H,3-4,6,9-11,15H2,1-2H3. The molecule has 0 amide bonds. The van der Waals surface area contributed by atoms with E-state index in [0.29, 0.717) is 0 Å². The van der Waals surface area contributed by atoms with E-state index in [2.05, 4.69) is 24.0 Å². The van der Waals surface area contributed by atoms with E-state index in [1.165, 1.54) is 18.5 Å². The van der Waals surface area contributed by atoms with Gasteiger partial charge in [0.05, 0.1) is 7.11 Å². The lowest BCUT2D eigenvalue weighted by molar-refractivity contribution is 0.414. The van der Waals surface area contributed by atoms with Crippen LogP contribution >= 0.6 is 0 Å². The minimum Gasteiger partial charge on any atom is -0.497 e. The van der Waals surface area contributed by atoms with Gasteiger partial charge in [-0.2, -0.15) is 0 Å². The Hall–Kier alpha value is -1.22. The van der Waals surface area contributed by atoms with Crippen molar-refractivity contribution in [3.8, 4) is 5.75 Å². The Labute approximate surface area is 105 Å². The molecular weight excluding hydrogens is 212 g/mol. The van der Waals surface area contributed by atoms with Crippen LogP contribution < -0.4 is 15.4 Å². The molecule has 96 valence electrons. The Balaban J connectivity index is 2.71. The van der Waals surface area contributed by atoms with Crippen molar-refractivity contribution in [3.05, 3.63) is 24.3 Å². The molecule has 0 aliphatic rings. The van der Waals surface area contributed by atoms with Gasteiger partial charge in [0.2, 0.25) is 0 Å². The maximum atomic E-state index is 5.59. The Morgan fingerprint density at radius 1 is 1.24 bits per heavy atom. The third-order valence-electron chi connectivity index (χ3n) is 2.83. The lowest BCUT2D eigenvalue weighted by Gasteiger charge is -2.25. The van der Waals surface area contributed by atoms with Crippen molar-refractivity contribution in [1.82, 2.24) is 0 Å². The molecule has 0 fully saturated rings. The van der Waals surface area contributed by atoms with Crippen molar-refractivity contribution < 1.29 is 4.74 Å². The second kappa shape index (κ2) is 7.96. The molecule has 0 unspecified atom stereocenters. The van der Waals surface area contributed by atoms with Gasteiger partial charge in [-0.05, 0) is 31.5 Å². The average molecular weight is 236 g/mol. The zero-order valence-electron chi connectivity index (χ0n) is 11.0. The van der Waals surface area contributed by atoms with Crippen LogP contribution in [0.25, 0.3) is 0 Å². The third kappa shape index (κ3) is 4.65. The van der Waals surface area contributed by atoms with E-state index in [-0.39, 0.29) is 0 Å². The second-order valence-corrected chi connectivity index (χ2v) is 4.18. The molecule has 1 aromatic carbocycles. The number of nitrogens with zero attached hydrogens (tertiary/aromatic N) is 1. The molecule has 3 nitrogen and oxygen atoms in total. The van der Waals surface area contributed by atoms with E-state index in [9.17, 15) is 0 Å². The Bertz CT molecular complexity index is 307. The first kappa shape index (κ1) is 13.8. The number of hydrogen-bond donors (Lipinski definition) is 1. The molecule has 3 heteroatoms. The van der Waals surface area contributed by atoms with Gasteiger partial charge in [-0.15, -0.1) is 0 Å². The smallest absolute Gasteiger partial charge is 0.120 e. The molecule has 17 heavy (non-hydrogen) atoms. The van der Waals surface area contributed by atoms with Crippen LogP contribution in [0.3, 0.4) is 0 Å². The zero-order valence-corrected chi connectivity index (χ0v) is 11.0. The number of benzene rings is 1. The maximum Gasteiger partial charge on any atom is 0.120 e. The number of unbranched alkanes of at least 4 members (excludes halogenated alkanes) is 1. The monoisotopic (exact) mass is 236 g/mol. The van der Waals surface area contributed by atoms with Crippen LogP contribution in [0, 0.1) is 0 Å². The SMILES string of the molecule is CCCCN(CCCN)c1cccc(OC)c1. The molecule has 0 aliphatic heterocycles. The van der Waals surface area contributed by atoms with E-state index in [0.717, 1.165) is 31.8 Å². The van der Waals surface area contributed by atoms with Crippen molar-refractivity contribution in [2.24, 2.45) is 5.73 Å². The normalized spacial score (nSPS) is 10.3. The van der Waals surface area contributed by atoms with Crippen LogP contribution in [0.5, 0.6) is 5.75 Å². The summed E-state index contributed by atoms with van der Waals surface area (Å²) in [6, 6.07) is 8.24. The van der Waals surface area contributed by atoms with Gasteiger partial charge in [0.1, 0.15) is 5.75 Å². The molecule has 0 saturated heterocycles. The van der Waals surface area contributed by atoms with Crippen molar-refractivity contribution in [3.63, 3.8) is 0 Å². The fourth-order valence-corrected chi connectivity index (χ4v) is 1.81. The fraction of sp³-hybridized carbons (Fsp3) is 0.571. The van der Waals surface area contributed by atoms with Gasteiger partial charge >= 0.3 is 0 Å². The summed E-state index contributed by atoms with van der Waals surface area (Å²) in [6.07, 6.45) is 3.45. The predicted molar refractivity (Wildman–Crippen MR) is 73.8 cm³/mol. The first-order chi connectivity index (χ1) is 8.31. The van der Waals surface area contributed by atoms with Crippen LogP contribution in [0.4, 0.5) is 5.69 Å². The Morgan fingerprint density at radius 3 is 2.65 bits per heavy atom. The first-order valence-electron chi connectivity index (χ1n) is 6.41. The Morgan fingerprint density at radius 2 is 2.00 bits per heavy atom. The van der Waals surface area contributed by atoms with E-state index in [4.69, 9.17) is 10.5 Å². The number of methoxy groups -OCH3 is 1. The molecule has 0 spiro atoms. The molecule has 1 rings (SSSR count). The number of rotatable bonds is 8. The number of anilines is 1. The Kier molecular flexibility index (Phi) is 6.48. The molecule has 0 aliphatic carbocycles. The molecule has 0 aromatic heterocycles. The summed E-state index contributed by atoms with van der Waals surface area (Å²) in [7, 11) is 1.70. The minimum absolute atomic E-state index is 0.743. The van der Waals surface area contributed by atoms with Gasteiger partial charge in [0.25, 0.3) is 0 Å². The summed E-state index contributed by atoms with van der Waals surface area (Å²) >= 11 is 0. The van der Waals surface area contributed by atoms with Crippen molar-refractivity contribution in [1.29, 1.82) is 0 Å². The van der Waals surface area contributed by atoms with Gasteiger partial charge < -0.3 is 15.4 Å². The largest absolute Gasteiger partial charge is 0.497 e. The number of ether oxygens (including phenoxy) is 1. The summed E-state index contributed by atoms with van der Waals surface area (Å²) in [5.41, 5.74) is 6.82. The number of nitrogens with two attached hydrogens (primary N) is 1. The molecule has 0 atom stereocenters. The fourth-order valence-electron chi connectivity index (χ4n) is 1.81. The summed E-state index contributed by atoms with van der Waals surface area (Å²) in [6.45, 7) is 5.06. The van der Waals surface area contributed by atoms with Crippen LogP contribution in [0.2, 0.25) is 0 Å². The highest BCUT2D eigenvalue weighted by atomic mass is 16.5. The summed E-state index contributed by atoms with van der Waals surface area (Å²) in [5.74, 6) is 0.914. The van der Waals surface area contributed by atoms with E-state index in [1.807, 2.05) is 12.1 Å². The first-order valence-corrected chi connectivity index (χ1v) is 6.41. The summed E-state index contributed by atoms with van der Waals surface area (Å²) in [4.78, 5) is 2.39. The summed E-state index contributed by atoms with van der Waals surface area (Å²) < 4.78 is 5.26. The lowest BCUT2D eigenvalue weighted by Crippen LogP contribution is -2.27. The molecule has 0 heterocycles. The van der Waals surface area contributed by atoms with Crippen LogP contribution in [0.1, 0.15) is 26.2 Å². The summed E-state index contributed by atoms with van der Waals surface area (Å²) in [5, 5.41) is 0. The third-order valence-corrected chi connectivity index (χ3v) is 2.83. The highest BCUT2D eigenvalue weighted by Gasteiger charge is 2.06. The molecule has 0 saturated carbocycles. The van der Waals surface area contributed by atoms with Gasteiger partial charge in [-0.3, -0.25) is 0 Å². The van der Waals surface area contributed by atoms with Crippen LogP contribution in [-0.4, -0.2) is 26.7 Å². The lowest BCUT2D eigenvalue weighted by atomic mass is 10.2. The molecule has 1 aromatic rings. The van der Waals surface area contributed by atoms with E-state index in [1.54, 1.807) is 7.11 Å². The van der Waals surface area contributed by atoms with Gasteiger partial charge in [-0.1, -0.05) is 19.4 Å². The van der Waals surface area contributed by atoms with E-state index >= 15 is 0 Å². The van der Waals surface area contributed by atoms with Gasteiger partial charge in [0, 0.05) is 24.8 Å². The topological polar surface area (TPSA) is 38.5 Å². The van der Waals surface area contributed by atoms with Crippen LogP contribution in [-0.2, 0) is 0 Å². The van der Waals surface area contributed by atoms with Crippen molar-refractivity contribution in [2.75, 3.05) is 31.6 Å². The van der Waals surface area contributed by atoms with E-state index < -0.39 is 0 Å². The molecular formula is C14H24N2O.